The Bertz CT molecular complexity index is 408. The third kappa shape index (κ3) is 3.83. The highest BCUT2D eigenvalue weighted by Crippen LogP contribution is 2.32. The highest BCUT2D eigenvalue weighted by molar-refractivity contribution is 5.13. The van der Waals surface area contributed by atoms with E-state index in [1.165, 1.54) is 30.7 Å². The van der Waals surface area contributed by atoms with E-state index < -0.39 is 0 Å². The molecule has 0 spiro atoms. The first-order chi connectivity index (χ1) is 9.69. The summed E-state index contributed by atoms with van der Waals surface area (Å²) in [6, 6.07) is 2.26. The maximum atomic E-state index is 5.79. The molecule has 2 heterocycles. The van der Waals surface area contributed by atoms with Gasteiger partial charge in [0, 0.05) is 31.3 Å². The van der Waals surface area contributed by atoms with Gasteiger partial charge in [-0.2, -0.15) is 5.10 Å². The molecular weight excluding hydrogens is 250 g/mol. The van der Waals surface area contributed by atoms with E-state index in [4.69, 9.17) is 4.74 Å². The fraction of sp³-hybridized carbons (Fsp3) is 0.812. The van der Waals surface area contributed by atoms with E-state index in [-0.39, 0.29) is 5.41 Å². The van der Waals surface area contributed by atoms with E-state index in [0.29, 0.717) is 0 Å². The van der Waals surface area contributed by atoms with Crippen molar-refractivity contribution in [3.05, 3.63) is 17.5 Å². The van der Waals surface area contributed by atoms with Gasteiger partial charge in [0.1, 0.15) is 0 Å². The van der Waals surface area contributed by atoms with Gasteiger partial charge in [0.2, 0.25) is 0 Å². The lowest BCUT2D eigenvalue weighted by Crippen LogP contribution is -2.43. The molecule has 1 unspecified atom stereocenters. The lowest BCUT2D eigenvalue weighted by Gasteiger charge is -2.37. The Hall–Kier alpha value is -0.870. The molecule has 1 atom stereocenters. The third-order valence-corrected chi connectivity index (χ3v) is 4.28. The molecule has 0 amide bonds. The minimum atomic E-state index is 0.242. The molecule has 1 aromatic rings. The van der Waals surface area contributed by atoms with Crippen molar-refractivity contribution in [2.45, 2.75) is 46.0 Å². The largest absolute Gasteiger partial charge is 0.381 e. The van der Waals surface area contributed by atoms with Crippen molar-refractivity contribution in [3.8, 4) is 0 Å². The number of rotatable bonds is 7. The average Bonchev–Trinajstić information content (AvgIpc) is 2.80. The zero-order chi connectivity index (χ0) is 14.4. The Kier molecular flexibility index (Phi) is 5.61. The topological polar surface area (TPSA) is 39.1 Å². The molecule has 1 aromatic heterocycles. The smallest absolute Gasteiger partial charge is 0.0624 e. The van der Waals surface area contributed by atoms with Crippen LogP contribution in [0.2, 0.25) is 0 Å². The lowest BCUT2D eigenvalue weighted by atomic mass is 9.78. The standard InChI is InChI=1S/C16H29N3O/c1-4-8-17-12-16(7-6-9-20-13-16)11-15-10-14(5-2)18-19(15)3/h10,17H,4-9,11-13H2,1-3H3. The van der Waals surface area contributed by atoms with E-state index >= 15 is 0 Å². The summed E-state index contributed by atoms with van der Waals surface area (Å²) >= 11 is 0. The molecule has 0 aromatic carbocycles. The summed E-state index contributed by atoms with van der Waals surface area (Å²) in [5, 5.41) is 8.17. The maximum Gasteiger partial charge on any atom is 0.0624 e. The summed E-state index contributed by atoms with van der Waals surface area (Å²) in [4.78, 5) is 0. The van der Waals surface area contributed by atoms with Crippen molar-refractivity contribution in [1.82, 2.24) is 15.1 Å². The zero-order valence-corrected chi connectivity index (χ0v) is 13.2. The Labute approximate surface area is 122 Å². The normalized spacial score (nSPS) is 23.1. The Morgan fingerprint density at radius 3 is 2.90 bits per heavy atom. The summed E-state index contributed by atoms with van der Waals surface area (Å²) in [5.74, 6) is 0. The van der Waals surface area contributed by atoms with Crippen LogP contribution in [-0.4, -0.2) is 36.1 Å². The van der Waals surface area contributed by atoms with E-state index in [1.54, 1.807) is 0 Å². The minimum Gasteiger partial charge on any atom is -0.381 e. The van der Waals surface area contributed by atoms with E-state index in [1.807, 2.05) is 0 Å². The molecular formula is C16H29N3O. The van der Waals surface area contributed by atoms with Crippen molar-refractivity contribution in [2.75, 3.05) is 26.3 Å². The molecule has 0 radical (unpaired) electrons. The van der Waals surface area contributed by atoms with Crippen LogP contribution < -0.4 is 5.32 Å². The van der Waals surface area contributed by atoms with Gasteiger partial charge in [0.05, 0.1) is 12.3 Å². The van der Waals surface area contributed by atoms with Crippen molar-refractivity contribution in [1.29, 1.82) is 0 Å². The van der Waals surface area contributed by atoms with Crippen LogP contribution in [0.15, 0.2) is 6.07 Å². The molecule has 4 heteroatoms. The second-order valence-electron chi connectivity index (χ2n) is 6.11. The van der Waals surface area contributed by atoms with E-state index in [9.17, 15) is 0 Å². The number of ether oxygens (including phenoxy) is 1. The number of hydrogen-bond acceptors (Lipinski definition) is 3. The lowest BCUT2D eigenvalue weighted by molar-refractivity contribution is -0.00796. The summed E-state index contributed by atoms with van der Waals surface area (Å²) < 4.78 is 7.84. The Morgan fingerprint density at radius 2 is 2.30 bits per heavy atom. The fourth-order valence-corrected chi connectivity index (χ4v) is 3.08. The molecule has 0 saturated carbocycles. The van der Waals surface area contributed by atoms with Crippen LogP contribution in [0.25, 0.3) is 0 Å². The number of aryl methyl sites for hydroxylation is 2. The molecule has 0 bridgehead atoms. The van der Waals surface area contributed by atoms with Crippen molar-refractivity contribution < 1.29 is 4.74 Å². The van der Waals surface area contributed by atoms with Gasteiger partial charge in [-0.3, -0.25) is 4.68 Å². The number of nitrogens with zero attached hydrogens (tertiary/aromatic N) is 2. The molecule has 20 heavy (non-hydrogen) atoms. The number of aromatic nitrogens is 2. The highest BCUT2D eigenvalue weighted by atomic mass is 16.5. The molecule has 1 N–H and O–H groups in total. The molecule has 1 aliphatic heterocycles. The predicted octanol–water partition coefficient (Wildman–Crippen LogP) is 2.32. The van der Waals surface area contributed by atoms with Gasteiger partial charge in [-0.15, -0.1) is 0 Å². The summed E-state index contributed by atoms with van der Waals surface area (Å²) in [6.45, 7) is 8.30. The van der Waals surface area contributed by atoms with Gasteiger partial charge in [-0.25, -0.2) is 0 Å². The molecule has 1 fully saturated rings. The van der Waals surface area contributed by atoms with Crippen molar-refractivity contribution >= 4 is 0 Å². The predicted molar refractivity (Wildman–Crippen MR) is 81.9 cm³/mol. The average molecular weight is 279 g/mol. The van der Waals surface area contributed by atoms with E-state index in [0.717, 1.165) is 39.1 Å². The molecule has 1 aliphatic rings. The van der Waals surface area contributed by atoms with Gasteiger partial charge >= 0.3 is 0 Å². The SMILES string of the molecule is CCCNCC1(Cc2cc(CC)nn2C)CCCOC1. The summed E-state index contributed by atoms with van der Waals surface area (Å²) in [6.07, 6.45) is 5.67. The number of hydrogen-bond donors (Lipinski definition) is 1. The van der Waals surface area contributed by atoms with Crippen LogP contribution >= 0.6 is 0 Å². The van der Waals surface area contributed by atoms with Crippen molar-refractivity contribution in [2.24, 2.45) is 12.5 Å². The molecule has 114 valence electrons. The minimum absolute atomic E-state index is 0.242. The van der Waals surface area contributed by atoms with Crippen LogP contribution in [0.3, 0.4) is 0 Å². The Balaban J connectivity index is 2.07. The van der Waals surface area contributed by atoms with Crippen molar-refractivity contribution in [3.63, 3.8) is 0 Å². The Morgan fingerprint density at radius 1 is 1.45 bits per heavy atom. The van der Waals surface area contributed by atoms with Gasteiger partial charge < -0.3 is 10.1 Å². The molecule has 4 nitrogen and oxygen atoms in total. The van der Waals surface area contributed by atoms with Gasteiger partial charge in [-0.05, 0) is 44.7 Å². The second-order valence-corrected chi connectivity index (χ2v) is 6.11. The van der Waals surface area contributed by atoms with Crippen LogP contribution in [0.1, 0.15) is 44.5 Å². The maximum absolute atomic E-state index is 5.79. The highest BCUT2D eigenvalue weighted by Gasteiger charge is 2.33. The summed E-state index contributed by atoms with van der Waals surface area (Å²) in [5.41, 5.74) is 2.77. The third-order valence-electron chi connectivity index (χ3n) is 4.28. The van der Waals surface area contributed by atoms with Crippen LogP contribution in [-0.2, 0) is 24.6 Å². The summed E-state index contributed by atoms with van der Waals surface area (Å²) in [7, 11) is 2.06. The van der Waals surface area contributed by atoms with Gasteiger partial charge in [0.15, 0.2) is 0 Å². The quantitative estimate of drug-likeness (QED) is 0.779. The first-order valence-corrected chi connectivity index (χ1v) is 7.99. The zero-order valence-electron chi connectivity index (χ0n) is 13.2. The van der Waals surface area contributed by atoms with Gasteiger partial charge in [0.25, 0.3) is 0 Å². The second kappa shape index (κ2) is 7.23. The first kappa shape index (κ1) is 15.5. The molecule has 2 rings (SSSR count). The molecule has 1 saturated heterocycles. The van der Waals surface area contributed by atoms with Crippen LogP contribution in [0.5, 0.6) is 0 Å². The van der Waals surface area contributed by atoms with Crippen LogP contribution in [0, 0.1) is 5.41 Å². The van der Waals surface area contributed by atoms with Crippen LogP contribution in [0.4, 0.5) is 0 Å². The fourth-order valence-electron chi connectivity index (χ4n) is 3.08. The number of nitrogens with one attached hydrogen (secondary N) is 1. The monoisotopic (exact) mass is 279 g/mol. The first-order valence-electron chi connectivity index (χ1n) is 7.99. The van der Waals surface area contributed by atoms with Gasteiger partial charge in [-0.1, -0.05) is 13.8 Å². The van der Waals surface area contributed by atoms with E-state index in [2.05, 4.69) is 42.1 Å². The molecule has 0 aliphatic carbocycles.